The third kappa shape index (κ3) is 6.69. The Kier molecular flexibility index (Phi) is 4.47. The maximum atomic E-state index is 13.1. The Morgan fingerprint density at radius 1 is 1.13 bits per heavy atom. The lowest BCUT2D eigenvalue weighted by atomic mass is 10.1. The van der Waals surface area contributed by atoms with Crippen LogP contribution in [0, 0.1) is 13.7 Å². The number of benzene rings is 2. The van der Waals surface area contributed by atoms with Gasteiger partial charge in [-0.3, -0.25) is 14.6 Å². The Labute approximate surface area is 200 Å². The molecule has 2 aromatic rings. The summed E-state index contributed by atoms with van der Waals surface area (Å²) in [4.78, 5) is 15.8. The van der Waals surface area contributed by atoms with E-state index in [2.05, 4.69) is 5.32 Å². The maximum Gasteiger partial charge on any atom is 0.238 e. The number of ether oxygens (including phenoxy) is 2. The van der Waals surface area contributed by atoms with Gasteiger partial charge in [0.15, 0.2) is 11.5 Å². The topological polar surface area (TPSA) is 74.3 Å². The molecule has 7 heteroatoms. The summed E-state index contributed by atoms with van der Waals surface area (Å²) in [7, 11) is 1.36. The van der Waals surface area contributed by atoms with Gasteiger partial charge < -0.3 is 19.9 Å². The Morgan fingerprint density at radius 3 is 2.42 bits per heavy atom. The van der Waals surface area contributed by atoms with Crippen LogP contribution in [0.4, 0.5) is 5.69 Å². The lowest BCUT2D eigenvalue weighted by Gasteiger charge is -2.35. The van der Waals surface area contributed by atoms with Gasteiger partial charge in [0.2, 0.25) is 5.91 Å². The fourth-order valence-corrected chi connectivity index (χ4v) is 3.05. The van der Waals surface area contributed by atoms with Crippen molar-refractivity contribution in [3.8, 4) is 11.5 Å². The molecule has 1 amide bonds. The molecule has 2 N–H and O–H groups in total. The second kappa shape index (κ2) is 11.1. The number of carbonyl (C=O) groups excluding carboxylic acids is 1. The van der Waals surface area contributed by atoms with Crippen LogP contribution < -0.4 is 14.8 Å². The summed E-state index contributed by atoms with van der Waals surface area (Å²) in [6.45, 7) is -11.7. The zero-order chi connectivity index (χ0) is 31.7. The van der Waals surface area contributed by atoms with E-state index >= 15 is 0 Å². The summed E-state index contributed by atoms with van der Waals surface area (Å²) in [5.41, 5.74) is -1.38. The highest BCUT2D eigenvalue weighted by Gasteiger charge is 2.21. The monoisotopic (exact) mass is 438 g/mol. The smallest absolute Gasteiger partial charge is 0.238 e. The molecule has 1 heterocycles. The summed E-state index contributed by atoms with van der Waals surface area (Å²) in [5, 5.41) is 12.9. The molecule has 3 rings (SSSR count). The van der Waals surface area contributed by atoms with Crippen LogP contribution in [0.5, 0.6) is 11.5 Å². The first-order valence-corrected chi connectivity index (χ1v) is 9.68. The minimum atomic E-state index is -2.87. The molecule has 0 spiro atoms. The van der Waals surface area contributed by atoms with Gasteiger partial charge in [-0.2, -0.15) is 0 Å². The maximum absolute atomic E-state index is 13.1. The van der Waals surface area contributed by atoms with E-state index in [0.29, 0.717) is 0 Å². The second-order valence-corrected chi connectivity index (χ2v) is 6.86. The third-order valence-electron chi connectivity index (χ3n) is 4.66. The van der Waals surface area contributed by atoms with Crippen molar-refractivity contribution in [3.63, 3.8) is 0 Å². The number of rotatable bonds is 9. The van der Waals surface area contributed by atoms with E-state index in [1.54, 1.807) is 12.1 Å². The zero-order valence-electron chi connectivity index (χ0n) is 28.1. The third-order valence-corrected chi connectivity index (χ3v) is 4.66. The van der Waals surface area contributed by atoms with Gasteiger partial charge in [-0.15, -0.1) is 0 Å². The molecule has 2 aromatic carbocycles. The Morgan fingerprint density at radius 2 is 1.77 bits per heavy atom. The van der Waals surface area contributed by atoms with Gasteiger partial charge in [0.05, 0.1) is 20.5 Å². The molecule has 1 unspecified atom stereocenters. The average Bonchev–Trinajstić information content (AvgIpc) is 2.87. The normalized spacial score (nSPS) is 24.0. The van der Waals surface area contributed by atoms with E-state index in [0.717, 1.165) is 17.0 Å². The molecule has 1 aliphatic heterocycles. The van der Waals surface area contributed by atoms with E-state index in [1.807, 2.05) is 0 Å². The first-order valence-electron chi connectivity index (χ1n) is 15.2. The van der Waals surface area contributed by atoms with Crippen molar-refractivity contribution in [1.82, 2.24) is 9.80 Å². The minimum absolute atomic E-state index is 0.0126. The lowest BCUT2D eigenvalue weighted by Crippen LogP contribution is -2.50. The summed E-state index contributed by atoms with van der Waals surface area (Å²) in [5.74, 6) is -1.07. The van der Waals surface area contributed by atoms with Gasteiger partial charge in [-0.25, -0.2) is 0 Å². The van der Waals surface area contributed by atoms with Crippen LogP contribution in [0.1, 0.15) is 26.2 Å². The number of nitrogens with one attached hydrogen (secondary N) is 1. The number of β-amino-alcohol motifs (C(OH)–C–C–N with tert-alkyl or cyclic N) is 1. The fraction of sp³-hybridized carbons (Fsp3) is 0.458. The number of hydrogen-bond acceptors (Lipinski definition) is 6. The Hall–Kier alpha value is -2.61. The van der Waals surface area contributed by atoms with Crippen LogP contribution in [0.3, 0.4) is 0 Å². The molecule has 7 nitrogen and oxygen atoms in total. The fourth-order valence-electron chi connectivity index (χ4n) is 3.05. The number of aliphatic hydroxyl groups is 1. The average molecular weight is 439 g/mol. The molecule has 31 heavy (non-hydrogen) atoms. The number of para-hydroxylation sites is 3. The van der Waals surface area contributed by atoms with Gasteiger partial charge in [-0.05, 0) is 37.0 Å². The van der Waals surface area contributed by atoms with Crippen LogP contribution in [0.25, 0.3) is 0 Å². The van der Waals surface area contributed by atoms with Crippen LogP contribution in [0.2, 0.25) is 0 Å². The van der Waals surface area contributed by atoms with Gasteiger partial charge in [-0.1, -0.05) is 30.3 Å². The number of aryl methyl sites for hydroxylation is 2. The van der Waals surface area contributed by atoms with E-state index < -0.39 is 62.1 Å². The van der Waals surface area contributed by atoms with Gasteiger partial charge in [0, 0.05) is 46.6 Å². The van der Waals surface area contributed by atoms with Gasteiger partial charge in [0.1, 0.15) is 12.6 Å². The molecule has 1 fully saturated rings. The van der Waals surface area contributed by atoms with Gasteiger partial charge in [0.25, 0.3) is 0 Å². The molecule has 168 valence electrons. The van der Waals surface area contributed by atoms with Crippen LogP contribution >= 0.6 is 0 Å². The molecule has 0 radical (unpaired) electrons. The first kappa shape index (κ1) is 12.4. The molecule has 0 aromatic heterocycles. The number of carbonyl (C=O) groups is 1. The largest absolute Gasteiger partial charge is 0.493 e. The highest BCUT2D eigenvalue weighted by atomic mass is 16.5. The predicted octanol–water partition coefficient (Wildman–Crippen LogP) is 2.31. The molecular formula is C24H33N3O4. The van der Waals surface area contributed by atoms with E-state index in [4.69, 9.17) is 24.6 Å². The van der Waals surface area contributed by atoms with Crippen molar-refractivity contribution in [3.05, 3.63) is 53.6 Å². The van der Waals surface area contributed by atoms with Crippen LogP contribution in [-0.2, 0) is 4.79 Å². The molecule has 1 atom stereocenters. The number of nitrogens with zero attached hydrogens (tertiary/aromatic N) is 2. The molecule has 1 aliphatic rings. The number of amides is 1. The molecule has 0 bridgehead atoms. The number of piperazine rings is 1. The van der Waals surface area contributed by atoms with Crippen LogP contribution in [0.15, 0.2) is 42.5 Å². The SMILES string of the molecule is [2H]C([2H])([2H])c1cccc(C([2H])([2H])[2H])c1NC(=O)C([2H])([2H])N1CCN(CC([2H])(O)C([2H])([2H])Oc2ccccc2OC)CC1. The zero-order valence-corrected chi connectivity index (χ0v) is 17.1. The summed E-state index contributed by atoms with van der Waals surface area (Å²) < 4.78 is 98.4. The molecule has 0 saturated carbocycles. The van der Waals surface area contributed by atoms with Crippen molar-refractivity contribution in [2.75, 3.05) is 58.2 Å². The van der Waals surface area contributed by atoms with Crippen molar-refractivity contribution in [1.29, 1.82) is 0 Å². The van der Waals surface area contributed by atoms with Crippen molar-refractivity contribution in [2.24, 2.45) is 0 Å². The summed E-state index contributed by atoms with van der Waals surface area (Å²) in [6.07, 6.45) is -2.75. The number of methoxy groups -OCH3 is 1. The van der Waals surface area contributed by atoms with E-state index in [9.17, 15) is 9.90 Å². The Balaban J connectivity index is 1.70. The highest BCUT2D eigenvalue weighted by Crippen LogP contribution is 2.25. The van der Waals surface area contributed by atoms with Gasteiger partial charge >= 0.3 is 0 Å². The Bertz CT molecular complexity index is 1230. The standard InChI is InChI=1S/C24H33N3O4/c1-18-7-6-8-19(2)24(18)25-23(29)16-27-13-11-26(12-14-27)15-20(28)17-31-22-10-5-4-9-21(22)30-3/h4-10,20,28H,11-17H2,1-3H3,(H,25,29)/i1D3,2D3,16D2,17D2,20D. The van der Waals surface area contributed by atoms with Crippen molar-refractivity contribution < 1.29 is 34.5 Å². The van der Waals surface area contributed by atoms with Crippen molar-refractivity contribution >= 4 is 11.6 Å². The minimum Gasteiger partial charge on any atom is -0.493 e. The predicted molar refractivity (Wildman–Crippen MR) is 122 cm³/mol. The summed E-state index contributed by atoms with van der Waals surface area (Å²) in [6, 6.07) is 9.70. The first-order chi connectivity index (χ1) is 19.2. The second-order valence-electron chi connectivity index (χ2n) is 6.86. The molecule has 1 saturated heterocycles. The van der Waals surface area contributed by atoms with E-state index in [1.165, 1.54) is 30.2 Å². The van der Waals surface area contributed by atoms with E-state index in [-0.39, 0.29) is 37.7 Å². The van der Waals surface area contributed by atoms with Crippen molar-refractivity contribution in [2.45, 2.75) is 19.8 Å². The number of anilines is 1. The lowest BCUT2D eigenvalue weighted by molar-refractivity contribution is -0.117. The number of hydrogen-bond donors (Lipinski definition) is 2. The molecule has 0 aliphatic carbocycles. The molecular weight excluding hydrogens is 394 g/mol. The van der Waals surface area contributed by atoms with Crippen LogP contribution in [-0.4, -0.2) is 79.8 Å². The highest BCUT2D eigenvalue weighted by molar-refractivity contribution is 5.93. The summed E-state index contributed by atoms with van der Waals surface area (Å²) >= 11 is 0. The quantitative estimate of drug-likeness (QED) is 0.626.